The van der Waals surface area contributed by atoms with Gasteiger partial charge in [0.25, 0.3) is 5.91 Å². The number of nitrogens with one attached hydrogen (secondary N) is 1. The van der Waals surface area contributed by atoms with Crippen molar-refractivity contribution in [3.8, 4) is 5.75 Å². The fourth-order valence-corrected chi connectivity index (χ4v) is 1.22. The topological polar surface area (TPSA) is 38.3 Å². The lowest BCUT2D eigenvalue weighted by molar-refractivity contribution is 0.0970. The first kappa shape index (κ1) is 7.86. The molecule has 1 aliphatic heterocycles. The third-order valence-corrected chi connectivity index (χ3v) is 1.86. The number of hydrogen-bond acceptors (Lipinski definition) is 2. The molecule has 1 aromatic rings. The minimum atomic E-state index is -0.132. The third kappa shape index (κ3) is 1.40. The van der Waals surface area contributed by atoms with Crippen molar-refractivity contribution in [1.82, 2.24) is 5.32 Å². The molecule has 0 bridgehead atoms. The lowest BCUT2D eigenvalue weighted by Gasteiger charge is -2.04. The molecule has 1 aromatic carbocycles. The number of carbonyl (C=O) groups excluding carboxylic acids is 1. The van der Waals surface area contributed by atoms with Gasteiger partial charge in [-0.25, -0.2) is 0 Å². The quantitative estimate of drug-likeness (QED) is 0.650. The molecule has 0 fully saturated rings. The van der Waals surface area contributed by atoms with E-state index in [-0.39, 0.29) is 5.91 Å². The first-order chi connectivity index (χ1) is 6.27. The van der Waals surface area contributed by atoms with E-state index in [9.17, 15) is 4.79 Å². The van der Waals surface area contributed by atoms with E-state index in [1.807, 2.05) is 13.0 Å². The van der Waals surface area contributed by atoms with Crippen molar-refractivity contribution in [3.05, 3.63) is 41.8 Å². The van der Waals surface area contributed by atoms with Gasteiger partial charge in [0.05, 0.1) is 5.56 Å². The molecule has 0 saturated carbocycles. The van der Waals surface area contributed by atoms with Gasteiger partial charge in [-0.15, -0.1) is 0 Å². The van der Waals surface area contributed by atoms with Gasteiger partial charge in [0.1, 0.15) is 12.0 Å². The molecule has 66 valence electrons. The number of benzene rings is 1. The maximum Gasteiger partial charge on any atom is 0.259 e. The molecule has 1 aliphatic rings. The van der Waals surface area contributed by atoms with Crippen LogP contribution in [0.1, 0.15) is 15.9 Å². The summed E-state index contributed by atoms with van der Waals surface area (Å²) in [6.45, 7) is 1.94. The molecule has 1 heterocycles. The van der Waals surface area contributed by atoms with Crippen molar-refractivity contribution in [3.63, 3.8) is 0 Å². The van der Waals surface area contributed by atoms with Crippen LogP contribution in [0.15, 0.2) is 30.7 Å². The zero-order valence-corrected chi connectivity index (χ0v) is 7.20. The van der Waals surface area contributed by atoms with Gasteiger partial charge in [-0.1, -0.05) is 11.6 Å². The van der Waals surface area contributed by atoms with Crippen LogP contribution >= 0.6 is 0 Å². The average molecular weight is 175 g/mol. The van der Waals surface area contributed by atoms with Crippen LogP contribution in [0, 0.1) is 6.92 Å². The Balaban J connectivity index is 2.54. The molecule has 2 rings (SSSR count). The molecule has 0 aromatic heterocycles. The van der Waals surface area contributed by atoms with Gasteiger partial charge in [0, 0.05) is 6.20 Å². The summed E-state index contributed by atoms with van der Waals surface area (Å²) in [5, 5.41) is 2.58. The van der Waals surface area contributed by atoms with Crippen LogP contribution in [0.25, 0.3) is 0 Å². The molecule has 0 radical (unpaired) electrons. The fourth-order valence-electron chi connectivity index (χ4n) is 1.22. The number of rotatable bonds is 0. The Morgan fingerprint density at radius 1 is 1.38 bits per heavy atom. The van der Waals surface area contributed by atoms with Gasteiger partial charge in [0.2, 0.25) is 0 Å². The number of amides is 1. The number of aryl methyl sites for hydroxylation is 1. The summed E-state index contributed by atoms with van der Waals surface area (Å²) in [5.74, 6) is 0.462. The SMILES string of the molecule is Cc1ccc2c(c1)C(=O)NC=CO2. The van der Waals surface area contributed by atoms with Crippen molar-refractivity contribution in [2.24, 2.45) is 0 Å². The molecule has 13 heavy (non-hydrogen) atoms. The van der Waals surface area contributed by atoms with Gasteiger partial charge in [-0.3, -0.25) is 4.79 Å². The standard InChI is InChI=1S/C10H9NO2/c1-7-2-3-9-8(6-7)10(12)11-4-5-13-9/h2-6H,1H3,(H,11,12). The van der Waals surface area contributed by atoms with Crippen molar-refractivity contribution >= 4 is 5.91 Å². The molecule has 1 N–H and O–H groups in total. The highest BCUT2D eigenvalue weighted by Gasteiger charge is 2.13. The lowest BCUT2D eigenvalue weighted by Crippen LogP contribution is -2.15. The number of ether oxygens (including phenoxy) is 1. The van der Waals surface area contributed by atoms with Crippen LogP contribution in [0.2, 0.25) is 0 Å². The first-order valence-corrected chi connectivity index (χ1v) is 4.00. The van der Waals surface area contributed by atoms with Gasteiger partial charge in [-0.05, 0) is 19.1 Å². The number of hydrogen-bond donors (Lipinski definition) is 1. The van der Waals surface area contributed by atoms with Crippen LogP contribution in [0.3, 0.4) is 0 Å². The van der Waals surface area contributed by atoms with Crippen LogP contribution in [0.5, 0.6) is 5.75 Å². The summed E-state index contributed by atoms with van der Waals surface area (Å²) >= 11 is 0. The van der Waals surface area contributed by atoms with E-state index >= 15 is 0 Å². The molecule has 0 atom stereocenters. The smallest absolute Gasteiger partial charge is 0.259 e. The second-order valence-electron chi connectivity index (χ2n) is 2.89. The molecule has 0 spiro atoms. The normalized spacial score (nSPS) is 14.1. The van der Waals surface area contributed by atoms with E-state index in [1.54, 1.807) is 12.1 Å². The van der Waals surface area contributed by atoms with Crippen molar-refractivity contribution in [2.45, 2.75) is 6.92 Å². The third-order valence-electron chi connectivity index (χ3n) is 1.86. The Morgan fingerprint density at radius 2 is 2.23 bits per heavy atom. The monoisotopic (exact) mass is 175 g/mol. The van der Waals surface area contributed by atoms with E-state index in [1.165, 1.54) is 12.5 Å². The van der Waals surface area contributed by atoms with Crippen LogP contribution in [-0.4, -0.2) is 5.91 Å². The van der Waals surface area contributed by atoms with E-state index in [0.29, 0.717) is 11.3 Å². The summed E-state index contributed by atoms with van der Waals surface area (Å²) in [6, 6.07) is 5.50. The van der Waals surface area contributed by atoms with Gasteiger partial charge < -0.3 is 10.1 Å². The summed E-state index contributed by atoms with van der Waals surface area (Å²) in [6.07, 6.45) is 2.94. The zero-order valence-electron chi connectivity index (χ0n) is 7.20. The Bertz CT molecular complexity index is 383. The second kappa shape index (κ2) is 2.94. The summed E-state index contributed by atoms with van der Waals surface area (Å²) in [4.78, 5) is 11.4. The van der Waals surface area contributed by atoms with Crippen LogP contribution < -0.4 is 10.1 Å². The number of fused-ring (bicyclic) bond motifs is 1. The molecule has 0 unspecified atom stereocenters. The number of carbonyl (C=O) groups is 1. The molecular weight excluding hydrogens is 166 g/mol. The van der Waals surface area contributed by atoms with Crippen LogP contribution in [0.4, 0.5) is 0 Å². The minimum Gasteiger partial charge on any atom is -0.463 e. The van der Waals surface area contributed by atoms with Crippen molar-refractivity contribution in [1.29, 1.82) is 0 Å². The first-order valence-electron chi connectivity index (χ1n) is 4.00. The minimum absolute atomic E-state index is 0.132. The predicted molar refractivity (Wildman–Crippen MR) is 48.4 cm³/mol. The molecule has 3 nitrogen and oxygen atoms in total. The summed E-state index contributed by atoms with van der Waals surface area (Å²) in [5.41, 5.74) is 1.62. The van der Waals surface area contributed by atoms with E-state index in [4.69, 9.17) is 4.74 Å². The van der Waals surface area contributed by atoms with Crippen LogP contribution in [-0.2, 0) is 0 Å². The lowest BCUT2D eigenvalue weighted by atomic mass is 10.1. The molecule has 1 amide bonds. The molecule has 0 saturated heterocycles. The molecular formula is C10H9NO2. The Hall–Kier alpha value is -1.77. The van der Waals surface area contributed by atoms with Crippen molar-refractivity contribution < 1.29 is 9.53 Å². The average Bonchev–Trinajstić information content (AvgIpc) is 2.29. The molecule has 0 aliphatic carbocycles. The van der Waals surface area contributed by atoms with Gasteiger partial charge in [-0.2, -0.15) is 0 Å². The highest BCUT2D eigenvalue weighted by molar-refractivity contribution is 5.98. The van der Waals surface area contributed by atoms with Gasteiger partial charge in [0.15, 0.2) is 0 Å². The Labute approximate surface area is 76.0 Å². The van der Waals surface area contributed by atoms with Gasteiger partial charge >= 0.3 is 0 Å². The predicted octanol–water partition coefficient (Wildman–Crippen LogP) is 1.59. The maximum absolute atomic E-state index is 11.4. The fraction of sp³-hybridized carbons (Fsp3) is 0.100. The maximum atomic E-state index is 11.4. The van der Waals surface area contributed by atoms with Crippen molar-refractivity contribution in [2.75, 3.05) is 0 Å². The summed E-state index contributed by atoms with van der Waals surface area (Å²) in [7, 11) is 0. The van der Waals surface area contributed by atoms with E-state index < -0.39 is 0 Å². The zero-order chi connectivity index (χ0) is 9.26. The van der Waals surface area contributed by atoms with E-state index in [0.717, 1.165) is 5.56 Å². The molecule has 3 heteroatoms. The highest BCUT2D eigenvalue weighted by Crippen LogP contribution is 2.21. The second-order valence-corrected chi connectivity index (χ2v) is 2.89. The highest BCUT2D eigenvalue weighted by atomic mass is 16.5. The van der Waals surface area contributed by atoms with E-state index in [2.05, 4.69) is 5.32 Å². The summed E-state index contributed by atoms with van der Waals surface area (Å²) < 4.78 is 5.21. The largest absolute Gasteiger partial charge is 0.463 e. The Kier molecular flexibility index (Phi) is 1.77. The Morgan fingerprint density at radius 3 is 3.08 bits per heavy atom.